The number of H-pyrrole nitrogens is 1. The highest BCUT2D eigenvalue weighted by Crippen LogP contribution is 2.35. The van der Waals surface area contributed by atoms with E-state index in [-0.39, 0.29) is 0 Å². The van der Waals surface area contributed by atoms with Crippen molar-refractivity contribution in [1.82, 2.24) is 4.98 Å². The molecule has 1 aromatic carbocycles. The van der Waals surface area contributed by atoms with Crippen molar-refractivity contribution in [2.75, 3.05) is 12.4 Å². The highest BCUT2D eigenvalue weighted by atomic mass is 14.8. The lowest BCUT2D eigenvalue weighted by atomic mass is 9.90. The van der Waals surface area contributed by atoms with Crippen LogP contribution < -0.4 is 5.32 Å². The zero-order valence-corrected chi connectivity index (χ0v) is 19.9. The molecule has 0 aliphatic rings. The maximum atomic E-state index is 4.22. The van der Waals surface area contributed by atoms with E-state index in [0.29, 0.717) is 5.92 Å². The van der Waals surface area contributed by atoms with E-state index >= 15 is 0 Å². The predicted molar refractivity (Wildman–Crippen MR) is 136 cm³/mol. The molecule has 2 heteroatoms. The molecule has 0 unspecified atom stereocenters. The Balaban J connectivity index is 2.47. The second-order valence-electron chi connectivity index (χ2n) is 8.44. The topological polar surface area (TPSA) is 27.8 Å². The van der Waals surface area contributed by atoms with Crippen LogP contribution in [0.1, 0.15) is 89.8 Å². The molecule has 2 N–H and O–H groups in total. The number of hydrogen-bond donors (Lipinski definition) is 2. The molecule has 1 atom stereocenters. The van der Waals surface area contributed by atoms with Gasteiger partial charge in [-0.3, -0.25) is 0 Å². The first kappa shape index (κ1) is 24.1. The number of benzene rings is 1. The van der Waals surface area contributed by atoms with E-state index < -0.39 is 0 Å². The molecule has 0 amide bonds. The van der Waals surface area contributed by atoms with Crippen molar-refractivity contribution < 1.29 is 0 Å². The van der Waals surface area contributed by atoms with Crippen LogP contribution in [0.2, 0.25) is 0 Å². The van der Waals surface area contributed by atoms with Crippen LogP contribution in [0.3, 0.4) is 0 Å². The van der Waals surface area contributed by atoms with Crippen LogP contribution in [0.25, 0.3) is 10.9 Å². The highest BCUT2D eigenvalue weighted by molar-refractivity contribution is 5.88. The van der Waals surface area contributed by atoms with Gasteiger partial charge in [0.05, 0.1) is 0 Å². The van der Waals surface area contributed by atoms with Gasteiger partial charge in [-0.15, -0.1) is 0 Å². The van der Waals surface area contributed by atoms with Crippen LogP contribution in [0.4, 0.5) is 5.69 Å². The minimum absolute atomic E-state index is 0.337. The molecular formula is C28H42N2. The second kappa shape index (κ2) is 12.5. The SMILES string of the molecule is C=C(/C=C\C(=C/CCC)[C@H](C)c1[nH]c2ccc(NC)cc2c1CCCCC)CCC. The summed E-state index contributed by atoms with van der Waals surface area (Å²) < 4.78 is 0. The number of aryl methyl sites for hydroxylation is 1. The Morgan fingerprint density at radius 2 is 1.90 bits per heavy atom. The first-order chi connectivity index (χ1) is 14.5. The van der Waals surface area contributed by atoms with Crippen LogP contribution in [0.5, 0.6) is 0 Å². The summed E-state index contributed by atoms with van der Waals surface area (Å²) in [6, 6.07) is 6.68. The van der Waals surface area contributed by atoms with E-state index in [0.717, 1.165) is 25.7 Å². The number of fused-ring (bicyclic) bond motifs is 1. The summed E-state index contributed by atoms with van der Waals surface area (Å²) in [4.78, 5) is 3.79. The Morgan fingerprint density at radius 1 is 1.10 bits per heavy atom. The number of rotatable bonds is 13. The van der Waals surface area contributed by atoms with Crippen LogP contribution in [-0.2, 0) is 6.42 Å². The Kier molecular flexibility index (Phi) is 10.00. The minimum atomic E-state index is 0.337. The van der Waals surface area contributed by atoms with Gasteiger partial charge < -0.3 is 10.3 Å². The molecule has 0 spiro atoms. The molecule has 0 aliphatic carbocycles. The Morgan fingerprint density at radius 3 is 2.57 bits per heavy atom. The maximum Gasteiger partial charge on any atom is 0.0460 e. The molecule has 0 radical (unpaired) electrons. The lowest BCUT2D eigenvalue weighted by molar-refractivity contribution is 0.710. The third-order valence-electron chi connectivity index (χ3n) is 5.94. The molecule has 2 rings (SSSR count). The number of unbranched alkanes of at least 4 members (excludes halogenated alkanes) is 3. The lowest BCUT2D eigenvalue weighted by Gasteiger charge is -2.16. The van der Waals surface area contributed by atoms with Crippen molar-refractivity contribution in [2.24, 2.45) is 0 Å². The van der Waals surface area contributed by atoms with Crippen molar-refractivity contribution in [2.45, 2.75) is 85.0 Å². The third-order valence-corrected chi connectivity index (χ3v) is 5.94. The van der Waals surface area contributed by atoms with E-state index in [4.69, 9.17) is 0 Å². The quantitative estimate of drug-likeness (QED) is 0.253. The molecule has 2 aromatic rings. The predicted octanol–water partition coefficient (Wildman–Crippen LogP) is 8.68. The smallest absolute Gasteiger partial charge is 0.0460 e. The summed E-state index contributed by atoms with van der Waals surface area (Å²) in [7, 11) is 1.99. The third kappa shape index (κ3) is 6.39. The first-order valence-electron chi connectivity index (χ1n) is 11.9. The molecule has 0 saturated carbocycles. The van der Waals surface area contributed by atoms with Crippen molar-refractivity contribution in [3.05, 3.63) is 65.4 Å². The summed E-state index contributed by atoms with van der Waals surface area (Å²) >= 11 is 0. The highest BCUT2D eigenvalue weighted by Gasteiger charge is 2.19. The van der Waals surface area contributed by atoms with Gasteiger partial charge in [0.1, 0.15) is 0 Å². The van der Waals surface area contributed by atoms with Crippen LogP contribution >= 0.6 is 0 Å². The van der Waals surface area contributed by atoms with E-state index in [2.05, 4.69) is 81.0 Å². The lowest BCUT2D eigenvalue weighted by Crippen LogP contribution is -2.02. The van der Waals surface area contributed by atoms with Gasteiger partial charge in [-0.05, 0) is 55.0 Å². The Hall–Kier alpha value is -2.22. The van der Waals surface area contributed by atoms with Gasteiger partial charge in [-0.2, -0.15) is 0 Å². The van der Waals surface area contributed by atoms with Crippen LogP contribution in [0, 0.1) is 0 Å². The monoisotopic (exact) mass is 406 g/mol. The van der Waals surface area contributed by atoms with Gasteiger partial charge in [-0.25, -0.2) is 0 Å². The molecule has 1 aromatic heterocycles. The van der Waals surface area contributed by atoms with Gasteiger partial charge in [-0.1, -0.05) is 83.8 Å². The Labute approximate surface area is 184 Å². The number of nitrogens with one attached hydrogen (secondary N) is 2. The van der Waals surface area contributed by atoms with E-state index in [1.54, 1.807) is 0 Å². The fourth-order valence-corrected chi connectivity index (χ4v) is 4.10. The van der Waals surface area contributed by atoms with Gasteiger partial charge in [0.25, 0.3) is 0 Å². The zero-order valence-electron chi connectivity index (χ0n) is 19.9. The molecule has 1 heterocycles. The average Bonchev–Trinajstić information content (AvgIpc) is 3.11. The number of aromatic nitrogens is 1. The van der Waals surface area contributed by atoms with Crippen molar-refractivity contribution in [3.8, 4) is 0 Å². The fourth-order valence-electron chi connectivity index (χ4n) is 4.10. The first-order valence-corrected chi connectivity index (χ1v) is 11.9. The largest absolute Gasteiger partial charge is 0.388 e. The van der Waals surface area contributed by atoms with Crippen molar-refractivity contribution >= 4 is 16.6 Å². The van der Waals surface area contributed by atoms with E-state index in [1.807, 2.05) is 7.05 Å². The van der Waals surface area contributed by atoms with Crippen molar-refractivity contribution in [1.29, 1.82) is 0 Å². The van der Waals surface area contributed by atoms with Gasteiger partial charge in [0.2, 0.25) is 0 Å². The standard InChI is InChI=1S/C28H42N2/c1-7-10-12-15-25-26-20-24(29-6)18-19-27(26)30-28(25)22(5)23(14-11-8-2)17-16-21(4)13-9-3/h14,16-20,22,29-30H,4,7-13,15H2,1-3,5-6H3/b17-16-,23-14+/t22-/m0/s1. The van der Waals surface area contributed by atoms with Gasteiger partial charge in [0.15, 0.2) is 0 Å². The van der Waals surface area contributed by atoms with Crippen LogP contribution in [0.15, 0.2) is 54.2 Å². The molecule has 0 aliphatic heterocycles. The molecule has 30 heavy (non-hydrogen) atoms. The summed E-state index contributed by atoms with van der Waals surface area (Å²) in [5.41, 5.74) is 7.90. The molecule has 0 bridgehead atoms. The number of hydrogen-bond acceptors (Lipinski definition) is 1. The molecule has 0 fully saturated rings. The summed E-state index contributed by atoms with van der Waals surface area (Å²) in [6.45, 7) is 13.3. The Bertz CT molecular complexity index is 866. The number of allylic oxidation sites excluding steroid dienone is 5. The average molecular weight is 407 g/mol. The molecule has 2 nitrogen and oxygen atoms in total. The molecule has 0 saturated heterocycles. The number of anilines is 1. The van der Waals surface area contributed by atoms with E-state index in [1.165, 1.54) is 64.7 Å². The normalized spacial score (nSPS) is 13.3. The zero-order chi connectivity index (χ0) is 21.9. The van der Waals surface area contributed by atoms with Crippen LogP contribution in [-0.4, -0.2) is 12.0 Å². The van der Waals surface area contributed by atoms with Crippen molar-refractivity contribution in [3.63, 3.8) is 0 Å². The summed E-state index contributed by atoms with van der Waals surface area (Å²) in [6.07, 6.45) is 16.3. The number of aromatic amines is 1. The summed E-state index contributed by atoms with van der Waals surface area (Å²) in [5.74, 6) is 0.337. The fraction of sp³-hybridized carbons (Fsp3) is 0.500. The molecule has 164 valence electrons. The molecular weight excluding hydrogens is 364 g/mol. The van der Waals surface area contributed by atoms with E-state index in [9.17, 15) is 0 Å². The second-order valence-corrected chi connectivity index (χ2v) is 8.44. The van der Waals surface area contributed by atoms with Gasteiger partial charge in [0, 0.05) is 35.2 Å². The van der Waals surface area contributed by atoms with Gasteiger partial charge >= 0.3 is 0 Å². The maximum absolute atomic E-state index is 4.22. The summed E-state index contributed by atoms with van der Waals surface area (Å²) in [5, 5.41) is 4.67. The minimum Gasteiger partial charge on any atom is -0.388 e.